The fourth-order valence-corrected chi connectivity index (χ4v) is 1.17. The van der Waals surface area contributed by atoms with Crippen LogP contribution in [0.4, 0.5) is 0 Å². The Kier molecular flexibility index (Phi) is 3.85. The third-order valence-corrected chi connectivity index (χ3v) is 2.25. The lowest BCUT2D eigenvalue weighted by atomic mass is 9.96. The molecule has 0 aliphatic rings. The first kappa shape index (κ1) is 12.7. The number of benzene rings is 1. The van der Waals surface area contributed by atoms with Gasteiger partial charge in [0.2, 0.25) is 0 Å². The molecule has 4 heteroatoms. The monoisotopic (exact) mass is 227 g/mol. The molecular weight excluding hydrogens is 214 g/mol. The summed E-state index contributed by atoms with van der Waals surface area (Å²) in [5.74, 6) is -0.273. The van der Waals surface area contributed by atoms with E-state index in [1.807, 2.05) is 6.07 Å². The molecule has 1 N–H and O–H groups in total. The maximum atomic E-state index is 11.7. The molecule has 86 valence electrons. The third-order valence-electron chi connectivity index (χ3n) is 2.25. The van der Waals surface area contributed by atoms with Crippen molar-refractivity contribution in [3.05, 3.63) is 35.4 Å². The van der Waals surface area contributed by atoms with Crippen LogP contribution < -0.4 is 5.32 Å². The van der Waals surface area contributed by atoms with Crippen LogP contribution in [0.5, 0.6) is 0 Å². The average Bonchev–Trinajstić information content (AvgIpc) is 2.36. The molecule has 1 amide bonds. The van der Waals surface area contributed by atoms with Crippen LogP contribution >= 0.6 is 0 Å². The average molecular weight is 227 g/mol. The minimum Gasteiger partial charge on any atom is -0.350 e. The highest BCUT2D eigenvalue weighted by Crippen LogP contribution is 2.11. The van der Waals surface area contributed by atoms with Gasteiger partial charge in [-0.05, 0) is 32.0 Å². The van der Waals surface area contributed by atoms with Crippen molar-refractivity contribution in [3.8, 4) is 12.1 Å². The van der Waals surface area contributed by atoms with E-state index in [1.165, 1.54) is 6.07 Å². The summed E-state index contributed by atoms with van der Waals surface area (Å²) in [7, 11) is 0. The Morgan fingerprint density at radius 3 is 2.71 bits per heavy atom. The van der Waals surface area contributed by atoms with Crippen LogP contribution in [0.25, 0.3) is 0 Å². The smallest absolute Gasteiger partial charge is 0.251 e. The fourth-order valence-electron chi connectivity index (χ4n) is 1.17. The number of nitrogens with zero attached hydrogens (tertiary/aromatic N) is 2. The summed E-state index contributed by atoms with van der Waals surface area (Å²) in [6.45, 7) is 3.77. The van der Waals surface area contributed by atoms with Crippen LogP contribution in [-0.2, 0) is 0 Å². The zero-order chi connectivity index (χ0) is 12.9. The Bertz CT molecular complexity index is 506. The molecule has 0 unspecified atom stereocenters. The maximum absolute atomic E-state index is 11.7. The predicted molar refractivity (Wildman–Crippen MR) is 62.9 cm³/mol. The van der Waals surface area contributed by atoms with E-state index < -0.39 is 5.41 Å². The van der Waals surface area contributed by atoms with E-state index in [0.717, 1.165) is 0 Å². The first-order valence-corrected chi connectivity index (χ1v) is 5.18. The second-order valence-corrected chi connectivity index (χ2v) is 4.37. The molecule has 0 aliphatic heterocycles. The van der Waals surface area contributed by atoms with Gasteiger partial charge in [-0.3, -0.25) is 4.79 Å². The zero-order valence-corrected chi connectivity index (χ0v) is 9.82. The number of carbonyl (C=O) groups excluding carboxylic acids is 1. The molecule has 1 rings (SSSR count). The lowest BCUT2D eigenvalue weighted by Gasteiger charge is -2.15. The van der Waals surface area contributed by atoms with E-state index >= 15 is 0 Å². The number of hydrogen-bond donors (Lipinski definition) is 1. The van der Waals surface area contributed by atoms with Gasteiger partial charge in [0, 0.05) is 12.1 Å². The summed E-state index contributed by atoms with van der Waals surface area (Å²) in [5, 5.41) is 20.2. The highest BCUT2D eigenvalue weighted by Gasteiger charge is 2.18. The van der Waals surface area contributed by atoms with Crippen LogP contribution in [-0.4, -0.2) is 12.5 Å². The number of hydrogen-bond acceptors (Lipinski definition) is 3. The second-order valence-electron chi connectivity index (χ2n) is 4.37. The standard InChI is InChI=1S/C13H13N3O/c1-13(2,8-15)9-16-12(17)11-5-3-4-10(6-11)7-14/h3-6H,9H2,1-2H3,(H,16,17). The Morgan fingerprint density at radius 2 is 2.12 bits per heavy atom. The van der Waals surface area contributed by atoms with Crippen molar-refractivity contribution in [1.82, 2.24) is 5.32 Å². The number of nitrogens with one attached hydrogen (secondary N) is 1. The summed E-state index contributed by atoms with van der Waals surface area (Å²) < 4.78 is 0. The number of carbonyl (C=O) groups is 1. The van der Waals surface area contributed by atoms with Crippen LogP contribution in [0.1, 0.15) is 29.8 Å². The van der Waals surface area contributed by atoms with Crippen molar-refractivity contribution in [2.24, 2.45) is 5.41 Å². The molecule has 1 aromatic carbocycles. The third kappa shape index (κ3) is 3.62. The Morgan fingerprint density at radius 1 is 1.41 bits per heavy atom. The molecule has 1 aromatic rings. The van der Waals surface area contributed by atoms with E-state index in [-0.39, 0.29) is 12.5 Å². The first-order chi connectivity index (χ1) is 7.98. The summed E-state index contributed by atoms with van der Waals surface area (Å²) in [6.07, 6.45) is 0. The summed E-state index contributed by atoms with van der Waals surface area (Å²) >= 11 is 0. The number of nitriles is 2. The SMILES string of the molecule is CC(C)(C#N)CNC(=O)c1cccc(C#N)c1. The molecule has 17 heavy (non-hydrogen) atoms. The molecule has 0 aliphatic carbocycles. The quantitative estimate of drug-likeness (QED) is 0.855. The molecule has 4 nitrogen and oxygen atoms in total. The molecule has 0 saturated carbocycles. The normalized spacial score (nSPS) is 10.1. The molecule has 0 fully saturated rings. The van der Waals surface area contributed by atoms with E-state index in [0.29, 0.717) is 11.1 Å². The van der Waals surface area contributed by atoms with Crippen LogP contribution in [0.3, 0.4) is 0 Å². The van der Waals surface area contributed by atoms with Gasteiger partial charge >= 0.3 is 0 Å². The fraction of sp³-hybridized carbons (Fsp3) is 0.308. The van der Waals surface area contributed by atoms with Gasteiger partial charge < -0.3 is 5.32 Å². The van der Waals surface area contributed by atoms with E-state index in [4.69, 9.17) is 10.5 Å². The minimum atomic E-state index is -0.595. The largest absolute Gasteiger partial charge is 0.350 e. The van der Waals surface area contributed by atoms with Crippen LogP contribution in [0, 0.1) is 28.1 Å². The predicted octanol–water partition coefficient (Wildman–Crippen LogP) is 1.84. The van der Waals surface area contributed by atoms with Crippen molar-refractivity contribution in [2.45, 2.75) is 13.8 Å². The number of rotatable bonds is 3. The van der Waals surface area contributed by atoms with Gasteiger partial charge in [-0.2, -0.15) is 10.5 Å². The summed E-state index contributed by atoms with van der Waals surface area (Å²) in [5.41, 5.74) is 0.276. The molecule has 0 saturated heterocycles. The molecule has 0 radical (unpaired) electrons. The summed E-state index contributed by atoms with van der Waals surface area (Å²) in [4.78, 5) is 11.7. The Labute approximate surface area is 100 Å². The lowest BCUT2D eigenvalue weighted by molar-refractivity contribution is 0.0943. The van der Waals surface area contributed by atoms with Gasteiger partial charge in [0.15, 0.2) is 0 Å². The molecule has 0 atom stereocenters. The van der Waals surface area contributed by atoms with Crippen LogP contribution in [0.15, 0.2) is 24.3 Å². The highest BCUT2D eigenvalue weighted by atomic mass is 16.1. The van der Waals surface area contributed by atoms with Crippen molar-refractivity contribution in [3.63, 3.8) is 0 Å². The van der Waals surface area contributed by atoms with Crippen LogP contribution in [0.2, 0.25) is 0 Å². The van der Waals surface area contributed by atoms with Crippen molar-refractivity contribution < 1.29 is 4.79 Å². The molecular formula is C13H13N3O. The van der Waals surface area contributed by atoms with Gasteiger partial charge in [0.05, 0.1) is 23.1 Å². The van der Waals surface area contributed by atoms with Gasteiger partial charge in [-0.25, -0.2) is 0 Å². The Balaban J connectivity index is 2.72. The topological polar surface area (TPSA) is 76.7 Å². The molecule has 0 spiro atoms. The van der Waals surface area contributed by atoms with E-state index in [2.05, 4.69) is 11.4 Å². The van der Waals surface area contributed by atoms with Crippen molar-refractivity contribution in [2.75, 3.05) is 6.54 Å². The summed E-state index contributed by atoms with van der Waals surface area (Å²) in [6, 6.07) is 10.5. The molecule has 0 aromatic heterocycles. The maximum Gasteiger partial charge on any atom is 0.251 e. The highest BCUT2D eigenvalue weighted by molar-refractivity contribution is 5.94. The van der Waals surface area contributed by atoms with Crippen molar-refractivity contribution in [1.29, 1.82) is 10.5 Å². The second kappa shape index (κ2) is 5.14. The van der Waals surface area contributed by atoms with Gasteiger partial charge in [0.1, 0.15) is 0 Å². The van der Waals surface area contributed by atoms with Gasteiger partial charge in [0.25, 0.3) is 5.91 Å². The minimum absolute atomic E-state index is 0.273. The number of amides is 1. The Hall–Kier alpha value is -2.33. The molecule has 0 bridgehead atoms. The first-order valence-electron chi connectivity index (χ1n) is 5.18. The van der Waals surface area contributed by atoms with Gasteiger partial charge in [-0.1, -0.05) is 6.07 Å². The van der Waals surface area contributed by atoms with Crippen molar-refractivity contribution >= 4 is 5.91 Å². The zero-order valence-electron chi connectivity index (χ0n) is 9.82. The van der Waals surface area contributed by atoms with E-state index in [9.17, 15) is 4.79 Å². The van der Waals surface area contributed by atoms with E-state index in [1.54, 1.807) is 32.0 Å². The molecule has 0 heterocycles. The van der Waals surface area contributed by atoms with Gasteiger partial charge in [-0.15, -0.1) is 0 Å². The lowest BCUT2D eigenvalue weighted by Crippen LogP contribution is -2.33.